The maximum Gasteiger partial charge on any atom is 0.335 e. The summed E-state index contributed by atoms with van der Waals surface area (Å²) < 4.78 is 0. The standard InChI is InChI=1S/C18H15NO2S/c1-12-5-2-3-6-13(12)10-17-19-16(11-22-17)14-7-4-8-15(9-14)18(20)21/h2-9,11H,10H2,1H3,(H,20,21). The molecule has 0 aliphatic carbocycles. The van der Waals surface area contributed by atoms with Gasteiger partial charge in [-0.25, -0.2) is 9.78 Å². The van der Waals surface area contributed by atoms with Crippen molar-refractivity contribution in [3.63, 3.8) is 0 Å². The van der Waals surface area contributed by atoms with Crippen molar-refractivity contribution in [2.45, 2.75) is 13.3 Å². The molecule has 0 atom stereocenters. The molecule has 0 spiro atoms. The highest BCUT2D eigenvalue weighted by atomic mass is 32.1. The van der Waals surface area contributed by atoms with Crippen molar-refractivity contribution in [1.29, 1.82) is 0 Å². The minimum absolute atomic E-state index is 0.283. The average Bonchev–Trinajstić information content (AvgIpc) is 2.98. The Morgan fingerprint density at radius 3 is 2.77 bits per heavy atom. The minimum Gasteiger partial charge on any atom is -0.478 e. The van der Waals surface area contributed by atoms with E-state index in [1.165, 1.54) is 11.1 Å². The summed E-state index contributed by atoms with van der Waals surface area (Å²) in [5, 5.41) is 12.1. The van der Waals surface area contributed by atoms with Crippen LogP contribution in [0.15, 0.2) is 53.9 Å². The Balaban J connectivity index is 1.86. The zero-order valence-electron chi connectivity index (χ0n) is 12.1. The molecule has 3 nitrogen and oxygen atoms in total. The lowest BCUT2D eigenvalue weighted by molar-refractivity contribution is 0.0697. The Hall–Kier alpha value is -2.46. The van der Waals surface area contributed by atoms with Crippen molar-refractivity contribution >= 4 is 17.3 Å². The van der Waals surface area contributed by atoms with Gasteiger partial charge < -0.3 is 5.11 Å². The Kier molecular flexibility index (Phi) is 4.02. The number of thiazole rings is 1. The van der Waals surface area contributed by atoms with Crippen molar-refractivity contribution < 1.29 is 9.90 Å². The summed E-state index contributed by atoms with van der Waals surface area (Å²) in [5.41, 5.74) is 4.48. The van der Waals surface area contributed by atoms with Crippen LogP contribution in [0.3, 0.4) is 0 Å². The molecule has 22 heavy (non-hydrogen) atoms. The molecule has 0 radical (unpaired) electrons. The Morgan fingerprint density at radius 1 is 1.18 bits per heavy atom. The number of nitrogens with zero attached hydrogens (tertiary/aromatic N) is 1. The van der Waals surface area contributed by atoms with E-state index >= 15 is 0 Å². The summed E-state index contributed by atoms with van der Waals surface area (Å²) in [6.45, 7) is 2.10. The molecule has 0 unspecified atom stereocenters. The van der Waals surface area contributed by atoms with Crippen molar-refractivity contribution in [1.82, 2.24) is 4.98 Å². The molecule has 1 aromatic heterocycles. The van der Waals surface area contributed by atoms with Crippen LogP contribution >= 0.6 is 11.3 Å². The molecule has 4 heteroatoms. The first-order valence-electron chi connectivity index (χ1n) is 6.96. The number of aryl methyl sites for hydroxylation is 1. The normalized spacial score (nSPS) is 10.6. The second-order valence-corrected chi connectivity index (χ2v) is 6.06. The number of hydrogen-bond acceptors (Lipinski definition) is 3. The lowest BCUT2D eigenvalue weighted by Gasteiger charge is -2.02. The van der Waals surface area contributed by atoms with Gasteiger partial charge >= 0.3 is 5.97 Å². The number of benzene rings is 2. The molecule has 2 aromatic carbocycles. The molecule has 1 heterocycles. The fraction of sp³-hybridized carbons (Fsp3) is 0.111. The molecule has 3 rings (SSSR count). The quantitative estimate of drug-likeness (QED) is 0.776. The summed E-state index contributed by atoms with van der Waals surface area (Å²) in [7, 11) is 0. The number of carbonyl (C=O) groups is 1. The third-order valence-electron chi connectivity index (χ3n) is 3.56. The first-order valence-corrected chi connectivity index (χ1v) is 7.84. The van der Waals surface area contributed by atoms with Gasteiger partial charge in [0.25, 0.3) is 0 Å². The summed E-state index contributed by atoms with van der Waals surface area (Å²) in [6.07, 6.45) is 0.802. The van der Waals surface area contributed by atoms with Crippen LogP contribution in [0.25, 0.3) is 11.3 Å². The van der Waals surface area contributed by atoms with E-state index in [9.17, 15) is 4.79 Å². The molecule has 110 valence electrons. The first-order chi connectivity index (χ1) is 10.6. The zero-order valence-corrected chi connectivity index (χ0v) is 12.9. The SMILES string of the molecule is Cc1ccccc1Cc1nc(-c2cccc(C(=O)O)c2)cs1. The predicted molar refractivity (Wildman–Crippen MR) is 88.5 cm³/mol. The van der Waals surface area contributed by atoms with E-state index in [-0.39, 0.29) is 5.56 Å². The van der Waals surface area contributed by atoms with E-state index in [1.807, 2.05) is 23.6 Å². The fourth-order valence-electron chi connectivity index (χ4n) is 2.31. The summed E-state index contributed by atoms with van der Waals surface area (Å²) in [4.78, 5) is 15.7. The van der Waals surface area contributed by atoms with Gasteiger partial charge in [0.05, 0.1) is 16.3 Å². The van der Waals surface area contributed by atoms with E-state index in [2.05, 4.69) is 24.0 Å². The van der Waals surface area contributed by atoms with Crippen molar-refractivity contribution in [2.75, 3.05) is 0 Å². The van der Waals surface area contributed by atoms with Gasteiger partial charge in [-0.05, 0) is 30.2 Å². The van der Waals surface area contributed by atoms with Crippen LogP contribution in [0, 0.1) is 6.92 Å². The topological polar surface area (TPSA) is 50.2 Å². The number of rotatable bonds is 4. The zero-order chi connectivity index (χ0) is 15.5. The van der Waals surface area contributed by atoms with E-state index in [0.29, 0.717) is 0 Å². The Bertz CT molecular complexity index is 823. The third-order valence-corrected chi connectivity index (χ3v) is 4.41. The first kappa shape index (κ1) is 14.5. The van der Waals surface area contributed by atoms with Gasteiger partial charge in [-0.2, -0.15) is 0 Å². The Morgan fingerprint density at radius 2 is 2.00 bits per heavy atom. The Labute approximate surface area is 132 Å². The largest absolute Gasteiger partial charge is 0.478 e. The van der Waals surface area contributed by atoms with Crippen LogP contribution in [-0.4, -0.2) is 16.1 Å². The predicted octanol–water partition coefficient (Wildman–Crippen LogP) is 4.41. The minimum atomic E-state index is -0.919. The van der Waals surface area contributed by atoms with E-state index in [1.54, 1.807) is 29.5 Å². The highest BCUT2D eigenvalue weighted by Crippen LogP contribution is 2.25. The fourth-order valence-corrected chi connectivity index (χ4v) is 3.13. The highest BCUT2D eigenvalue weighted by Gasteiger charge is 2.09. The highest BCUT2D eigenvalue weighted by molar-refractivity contribution is 7.10. The number of aromatic nitrogens is 1. The van der Waals surface area contributed by atoms with Gasteiger partial charge in [0.15, 0.2) is 0 Å². The van der Waals surface area contributed by atoms with Gasteiger partial charge in [-0.15, -0.1) is 11.3 Å². The molecule has 0 aliphatic heterocycles. The molecule has 0 saturated heterocycles. The monoisotopic (exact) mass is 309 g/mol. The van der Waals surface area contributed by atoms with Crippen molar-refractivity contribution in [3.05, 3.63) is 75.6 Å². The van der Waals surface area contributed by atoms with Crippen LogP contribution in [0.2, 0.25) is 0 Å². The van der Waals surface area contributed by atoms with Crippen LogP contribution in [0.5, 0.6) is 0 Å². The molecule has 0 fully saturated rings. The van der Waals surface area contributed by atoms with Gasteiger partial charge in [0.2, 0.25) is 0 Å². The number of hydrogen-bond donors (Lipinski definition) is 1. The second-order valence-electron chi connectivity index (χ2n) is 5.12. The summed E-state index contributed by atoms with van der Waals surface area (Å²) in [6, 6.07) is 15.2. The number of carboxylic acids is 1. The average molecular weight is 309 g/mol. The van der Waals surface area contributed by atoms with Crippen LogP contribution in [-0.2, 0) is 6.42 Å². The maximum atomic E-state index is 11.1. The van der Waals surface area contributed by atoms with Crippen LogP contribution in [0.4, 0.5) is 0 Å². The molecular formula is C18H15NO2S. The van der Waals surface area contributed by atoms with Crippen LogP contribution < -0.4 is 0 Å². The molecular weight excluding hydrogens is 294 g/mol. The molecule has 0 bridgehead atoms. The number of aromatic carboxylic acids is 1. The number of carboxylic acid groups (broad SMARTS) is 1. The maximum absolute atomic E-state index is 11.1. The molecule has 3 aromatic rings. The van der Waals surface area contributed by atoms with Crippen molar-refractivity contribution in [3.8, 4) is 11.3 Å². The van der Waals surface area contributed by atoms with Gasteiger partial charge in [0.1, 0.15) is 0 Å². The van der Waals surface area contributed by atoms with E-state index in [0.717, 1.165) is 22.7 Å². The molecule has 0 saturated carbocycles. The second kappa shape index (κ2) is 6.12. The lowest BCUT2D eigenvalue weighted by Crippen LogP contribution is -1.96. The van der Waals surface area contributed by atoms with Crippen LogP contribution in [0.1, 0.15) is 26.5 Å². The van der Waals surface area contributed by atoms with Gasteiger partial charge in [-0.3, -0.25) is 0 Å². The molecule has 0 amide bonds. The van der Waals surface area contributed by atoms with Gasteiger partial charge in [0, 0.05) is 17.4 Å². The van der Waals surface area contributed by atoms with E-state index in [4.69, 9.17) is 5.11 Å². The summed E-state index contributed by atoms with van der Waals surface area (Å²) in [5.74, 6) is -0.919. The summed E-state index contributed by atoms with van der Waals surface area (Å²) >= 11 is 1.60. The van der Waals surface area contributed by atoms with Gasteiger partial charge in [-0.1, -0.05) is 36.4 Å². The lowest BCUT2D eigenvalue weighted by atomic mass is 10.1. The molecule has 0 aliphatic rings. The van der Waals surface area contributed by atoms with Crippen molar-refractivity contribution in [2.24, 2.45) is 0 Å². The van der Waals surface area contributed by atoms with E-state index < -0.39 is 5.97 Å². The smallest absolute Gasteiger partial charge is 0.335 e. The molecule has 1 N–H and O–H groups in total. The third kappa shape index (κ3) is 3.07.